The zero-order valence-corrected chi connectivity index (χ0v) is 13.7. The summed E-state index contributed by atoms with van der Waals surface area (Å²) < 4.78 is 50.1. The number of ether oxygens (including phenoxy) is 2. The molecular weight excluding hydrogens is 329 g/mol. The molecule has 0 amide bonds. The molecule has 23 heavy (non-hydrogen) atoms. The summed E-state index contributed by atoms with van der Waals surface area (Å²) in [7, 11) is 0. The van der Waals surface area contributed by atoms with Crippen molar-refractivity contribution >= 4 is 17.2 Å². The van der Waals surface area contributed by atoms with Crippen LogP contribution in [0.5, 0.6) is 11.5 Å². The van der Waals surface area contributed by atoms with Gasteiger partial charge in [0.1, 0.15) is 18.1 Å². The van der Waals surface area contributed by atoms with E-state index in [4.69, 9.17) is 21.1 Å². The van der Waals surface area contributed by atoms with Crippen LogP contribution in [0.3, 0.4) is 0 Å². The van der Waals surface area contributed by atoms with Gasteiger partial charge in [0, 0.05) is 11.6 Å². The van der Waals surface area contributed by atoms with E-state index < -0.39 is 12.1 Å². The lowest BCUT2D eigenvalue weighted by atomic mass is 9.80. The predicted molar refractivity (Wildman–Crippen MR) is 83.0 cm³/mol. The minimum absolute atomic E-state index is 0.0140. The Balaban J connectivity index is 1.93. The van der Waals surface area contributed by atoms with E-state index in [1.807, 2.05) is 13.8 Å². The normalized spacial score (nSPS) is 20.9. The molecule has 0 radical (unpaired) electrons. The fourth-order valence-electron chi connectivity index (χ4n) is 3.17. The number of fused-ring (bicyclic) bond motifs is 2. The average molecular weight is 347 g/mol. The van der Waals surface area contributed by atoms with Gasteiger partial charge in [-0.05, 0) is 50.3 Å². The standard InChI is InChI=1S/C17H18ClF3O2/c1-9(2)23-16-7-15-13(6-14(16)18)12-4-3-11(17(19,20)21)5-10(12)8-22-15/h6-7,9,11H,3-5,8H2,1-2H3. The van der Waals surface area contributed by atoms with Gasteiger partial charge in [0.2, 0.25) is 0 Å². The van der Waals surface area contributed by atoms with E-state index in [1.54, 1.807) is 12.1 Å². The third-order valence-corrected chi connectivity index (χ3v) is 4.54. The second-order valence-corrected chi connectivity index (χ2v) is 6.70. The molecule has 1 aromatic rings. The zero-order chi connectivity index (χ0) is 16.8. The van der Waals surface area contributed by atoms with Gasteiger partial charge in [-0.3, -0.25) is 0 Å². The monoisotopic (exact) mass is 346 g/mol. The van der Waals surface area contributed by atoms with Crippen molar-refractivity contribution in [2.24, 2.45) is 5.92 Å². The van der Waals surface area contributed by atoms with Gasteiger partial charge in [0.25, 0.3) is 0 Å². The molecule has 126 valence electrons. The molecule has 0 saturated carbocycles. The van der Waals surface area contributed by atoms with Gasteiger partial charge in [0.05, 0.1) is 17.0 Å². The summed E-state index contributed by atoms with van der Waals surface area (Å²) in [6.45, 7) is 4.00. The maximum atomic E-state index is 12.9. The summed E-state index contributed by atoms with van der Waals surface area (Å²) in [5.74, 6) is -0.104. The lowest BCUT2D eigenvalue weighted by Crippen LogP contribution is -2.28. The Morgan fingerprint density at radius 2 is 2.04 bits per heavy atom. The van der Waals surface area contributed by atoms with E-state index in [-0.39, 0.29) is 25.6 Å². The van der Waals surface area contributed by atoms with Crippen LogP contribution in [0.2, 0.25) is 5.02 Å². The zero-order valence-electron chi connectivity index (χ0n) is 13.0. The molecule has 1 aliphatic carbocycles. The molecule has 6 heteroatoms. The molecule has 1 unspecified atom stereocenters. The molecule has 2 aliphatic rings. The van der Waals surface area contributed by atoms with E-state index >= 15 is 0 Å². The largest absolute Gasteiger partial charge is 0.489 e. The molecule has 1 heterocycles. The van der Waals surface area contributed by atoms with Crippen LogP contribution < -0.4 is 9.47 Å². The quantitative estimate of drug-likeness (QED) is 0.690. The van der Waals surface area contributed by atoms with Crippen LogP contribution in [-0.4, -0.2) is 18.9 Å². The predicted octanol–water partition coefficient (Wildman–Crippen LogP) is 5.64. The molecule has 0 aromatic heterocycles. The number of rotatable bonds is 2. The first-order valence-corrected chi connectivity index (χ1v) is 8.04. The van der Waals surface area contributed by atoms with E-state index in [1.165, 1.54) is 0 Å². The third kappa shape index (κ3) is 3.30. The first-order valence-electron chi connectivity index (χ1n) is 7.66. The van der Waals surface area contributed by atoms with Crippen LogP contribution in [-0.2, 0) is 0 Å². The highest BCUT2D eigenvalue weighted by atomic mass is 35.5. The minimum atomic E-state index is -4.15. The summed E-state index contributed by atoms with van der Waals surface area (Å²) in [5, 5.41) is 0.452. The number of allylic oxidation sites excluding steroid dienone is 1. The summed E-state index contributed by atoms with van der Waals surface area (Å²) in [6.07, 6.45) is -3.64. The lowest BCUT2D eigenvalue weighted by molar-refractivity contribution is -0.176. The van der Waals surface area contributed by atoms with Crippen molar-refractivity contribution in [2.45, 2.75) is 45.4 Å². The van der Waals surface area contributed by atoms with E-state index in [2.05, 4.69) is 0 Å². The van der Waals surface area contributed by atoms with Crippen LogP contribution in [0.4, 0.5) is 13.2 Å². The van der Waals surface area contributed by atoms with Gasteiger partial charge in [-0.2, -0.15) is 13.2 Å². The van der Waals surface area contributed by atoms with Crippen molar-refractivity contribution in [3.63, 3.8) is 0 Å². The van der Waals surface area contributed by atoms with E-state index in [0.717, 1.165) is 16.7 Å². The topological polar surface area (TPSA) is 18.5 Å². The molecule has 0 N–H and O–H groups in total. The SMILES string of the molecule is CC(C)Oc1cc2c(cc1Cl)C1=C(CO2)CC(C(F)(F)F)CC1. The maximum absolute atomic E-state index is 12.9. The summed E-state index contributed by atoms with van der Waals surface area (Å²) in [5.41, 5.74) is 2.48. The number of hydrogen-bond acceptors (Lipinski definition) is 2. The smallest absolute Gasteiger partial charge is 0.392 e. The number of alkyl halides is 3. The summed E-state index contributed by atoms with van der Waals surface area (Å²) in [4.78, 5) is 0. The van der Waals surface area contributed by atoms with E-state index in [9.17, 15) is 13.2 Å². The first-order chi connectivity index (χ1) is 10.8. The van der Waals surface area contributed by atoms with Gasteiger partial charge in [-0.1, -0.05) is 11.6 Å². The van der Waals surface area contributed by atoms with Crippen molar-refractivity contribution in [3.8, 4) is 11.5 Å². The van der Waals surface area contributed by atoms with Crippen molar-refractivity contribution in [1.82, 2.24) is 0 Å². The molecule has 1 aromatic carbocycles. The fraction of sp³-hybridized carbons (Fsp3) is 0.529. The Bertz CT molecular complexity index is 650. The van der Waals surface area contributed by atoms with Gasteiger partial charge in [-0.25, -0.2) is 0 Å². The molecule has 1 aliphatic heterocycles. The lowest BCUT2D eigenvalue weighted by Gasteiger charge is -2.33. The first kappa shape index (κ1) is 16.5. The highest BCUT2D eigenvalue weighted by Crippen LogP contribution is 2.48. The number of halogens is 4. The minimum Gasteiger partial charge on any atom is -0.489 e. The van der Waals surface area contributed by atoms with Gasteiger partial charge in [-0.15, -0.1) is 0 Å². The van der Waals surface area contributed by atoms with Crippen LogP contribution in [0.15, 0.2) is 17.7 Å². The maximum Gasteiger partial charge on any atom is 0.392 e. The Kier molecular flexibility index (Phi) is 4.25. The molecular formula is C17H18ClF3O2. The number of benzene rings is 1. The molecule has 2 nitrogen and oxygen atoms in total. The second kappa shape index (κ2) is 5.93. The van der Waals surface area contributed by atoms with Crippen LogP contribution in [0.25, 0.3) is 5.57 Å². The number of hydrogen-bond donors (Lipinski definition) is 0. The molecule has 0 spiro atoms. The molecule has 1 atom stereocenters. The van der Waals surface area contributed by atoms with Gasteiger partial charge >= 0.3 is 6.18 Å². The molecule has 0 saturated heterocycles. The molecule has 0 bridgehead atoms. The highest BCUT2D eigenvalue weighted by molar-refractivity contribution is 6.32. The van der Waals surface area contributed by atoms with Crippen molar-refractivity contribution in [1.29, 1.82) is 0 Å². The van der Waals surface area contributed by atoms with Crippen LogP contribution >= 0.6 is 11.6 Å². The summed E-state index contributed by atoms with van der Waals surface area (Å²) in [6, 6.07) is 3.48. The van der Waals surface area contributed by atoms with Crippen molar-refractivity contribution in [2.75, 3.05) is 6.61 Å². The Hall–Kier alpha value is -1.36. The highest BCUT2D eigenvalue weighted by Gasteiger charge is 2.42. The van der Waals surface area contributed by atoms with Crippen LogP contribution in [0, 0.1) is 5.92 Å². The van der Waals surface area contributed by atoms with Crippen LogP contribution in [0.1, 0.15) is 38.7 Å². The van der Waals surface area contributed by atoms with Crippen molar-refractivity contribution < 1.29 is 22.6 Å². The van der Waals surface area contributed by atoms with Crippen molar-refractivity contribution in [3.05, 3.63) is 28.3 Å². The Morgan fingerprint density at radius 1 is 1.30 bits per heavy atom. The van der Waals surface area contributed by atoms with Gasteiger partial charge < -0.3 is 9.47 Å². The Morgan fingerprint density at radius 3 is 2.70 bits per heavy atom. The summed E-state index contributed by atoms with van der Waals surface area (Å²) >= 11 is 6.25. The van der Waals surface area contributed by atoms with Gasteiger partial charge in [0.15, 0.2) is 0 Å². The second-order valence-electron chi connectivity index (χ2n) is 6.30. The average Bonchev–Trinajstić information content (AvgIpc) is 2.46. The van der Waals surface area contributed by atoms with E-state index in [0.29, 0.717) is 22.9 Å². The molecule has 0 fully saturated rings. The Labute approximate surface area is 138 Å². The molecule has 3 rings (SSSR count). The third-order valence-electron chi connectivity index (χ3n) is 4.25. The fourth-order valence-corrected chi connectivity index (χ4v) is 3.38.